The molecule has 1 atom stereocenters. The minimum absolute atomic E-state index is 0.191. The van der Waals surface area contributed by atoms with Gasteiger partial charge in [-0.05, 0) is 30.9 Å². The van der Waals surface area contributed by atoms with Gasteiger partial charge in [-0.3, -0.25) is 0 Å². The average molecular weight is 229 g/mol. The Balaban J connectivity index is 2.71. The smallest absolute Gasteiger partial charge is 0.244 e. The van der Waals surface area contributed by atoms with Gasteiger partial charge in [0.1, 0.15) is 0 Å². The van der Waals surface area contributed by atoms with Crippen LogP contribution in [0.4, 0.5) is 5.82 Å². The van der Waals surface area contributed by atoms with E-state index in [0.29, 0.717) is 12.0 Å². The molecule has 0 amide bonds. The van der Waals surface area contributed by atoms with Crippen LogP contribution in [0.1, 0.15) is 27.2 Å². The molecule has 15 heavy (non-hydrogen) atoms. The molecular formula is C10H17ClN4. The van der Waals surface area contributed by atoms with Gasteiger partial charge in [0.15, 0.2) is 5.82 Å². The molecule has 0 saturated carbocycles. The molecule has 0 aromatic carbocycles. The molecule has 4 nitrogen and oxygen atoms in total. The first-order valence-corrected chi connectivity index (χ1v) is 5.46. The van der Waals surface area contributed by atoms with E-state index in [-0.39, 0.29) is 5.28 Å². The van der Waals surface area contributed by atoms with E-state index >= 15 is 0 Å². The summed E-state index contributed by atoms with van der Waals surface area (Å²) in [7, 11) is 1.99. The lowest BCUT2D eigenvalue weighted by Gasteiger charge is -2.26. The molecule has 0 aliphatic rings. The fourth-order valence-electron chi connectivity index (χ4n) is 1.51. The van der Waals surface area contributed by atoms with Crippen molar-refractivity contribution < 1.29 is 0 Å². The summed E-state index contributed by atoms with van der Waals surface area (Å²) in [6.45, 7) is 6.57. The minimum atomic E-state index is 0.191. The quantitative estimate of drug-likeness (QED) is 0.794. The normalized spacial score (nSPS) is 12.9. The molecule has 1 aromatic rings. The third kappa shape index (κ3) is 3.63. The Morgan fingerprint density at radius 1 is 1.40 bits per heavy atom. The second-order valence-electron chi connectivity index (χ2n) is 4.17. The summed E-state index contributed by atoms with van der Waals surface area (Å²) in [6, 6.07) is 0.415. The van der Waals surface area contributed by atoms with E-state index in [1.54, 1.807) is 6.20 Å². The molecule has 0 spiro atoms. The van der Waals surface area contributed by atoms with Crippen molar-refractivity contribution >= 4 is 17.4 Å². The van der Waals surface area contributed by atoms with Crippen molar-refractivity contribution in [2.24, 2.45) is 5.92 Å². The number of aromatic nitrogens is 3. The van der Waals surface area contributed by atoms with Gasteiger partial charge in [-0.2, -0.15) is 10.1 Å². The molecule has 5 heteroatoms. The lowest BCUT2D eigenvalue weighted by atomic mass is 10.0. The van der Waals surface area contributed by atoms with Gasteiger partial charge in [-0.25, -0.2) is 0 Å². The highest BCUT2D eigenvalue weighted by Gasteiger charge is 2.13. The van der Waals surface area contributed by atoms with Crippen LogP contribution in [0, 0.1) is 5.92 Å². The number of hydrogen-bond acceptors (Lipinski definition) is 4. The van der Waals surface area contributed by atoms with Gasteiger partial charge in [0.25, 0.3) is 0 Å². The van der Waals surface area contributed by atoms with Crippen LogP contribution in [0.3, 0.4) is 0 Å². The second kappa shape index (κ2) is 5.26. The van der Waals surface area contributed by atoms with Crippen LogP contribution in [0.5, 0.6) is 0 Å². The van der Waals surface area contributed by atoms with Crippen LogP contribution in [0.15, 0.2) is 6.20 Å². The average Bonchev–Trinajstić information content (AvgIpc) is 2.15. The number of hydrogen-bond donors (Lipinski definition) is 0. The molecule has 0 saturated heterocycles. The molecule has 0 aliphatic carbocycles. The third-order valence-electron chi connectivity index (χ3n) is 2.36. The van der Waals surface area contributed by atoms with Gasteiger partial charge in [0, 0.05) is 13.1 Å². The first-order chi connectivity index (χ1) is 7.00. The van der Waals surface area contributed by atoms with Crippen molar-refractivity contribution in [2.45, 2.75) is 33.2 Å². The third-order valence-corrected chi connectivity index (χ3v) is 2.52. The first-order valence-electron chi connectivity index (χ1n) is 5.08. The Hall–Kier alpha value is -0.900. The predicted molar refractivity (Wildman–Crippen MR) is 62.2 cm³/mol. The number of anilines is 1. The van der Waals surface area contributed by atoms with Crippen molar-refractivity contribution in [3.63, 3.8) is 0 Å². The molecule has 1 rings (SSSR count). The molecule has 0 bridgehead atoms. The van der Waals surface area contributed by atoms with Crippen LogP contribution in [-0.2, 0) is 0 Å². The second-order valence-corrected chi connectivity index (χ2v) is 4.51. The highest BCUT2D eigenvalue weighted by Crippen LogP contribution is 2.16. The maximum atomic E-state index is 5.69. The zero-order valence-electron chi connectivity index (χ0n) is 9.61. The van der Waals surface area contributed by atoms with Crippen molar-refractivity contribution in [2.75, 3.05) is 11.9 Å². The van der Waals surface area contributed by atoms with Crippen molar-refractivity contribution in [1.29, 1.82) is 0 Å². The Labute approximate surface area is 95.7 Å². The highest BCUT2D eigenvalue weighted by atomic mass is 35.5. The van der Waals surface area contributed by atoms with Gasteiger partial charge in [0.2, 0.25) is 5.28 Å². The van der Waals surface area contributed by atoms with E-state index in [1.807, 2.05) is 7.05 Å². The van der Waals surface area contributed by atoms with Crippen LogP contribution < -0.4 is 4.90 Å². The standard InChI is InChI=1S/C10H17ClN4/c1-7(2)5-8(3)15(4)9-6-12-14-10(11)13-9/h6-8H,5H2,1-4H3. The van der Waals surface area contributed by atoms with Crippen molar-refractivity contribution in [1.82, 2.24) is 15.2 Å². The molecule has 1 aromatic heterocycles. The fraction of sp³-hybridized carbons (Fsp3) is 0.700. The lowest BCUT2D eigenvalue weighted by Crippen LogP contribution is -2.31. The van der Waals surface area contributed by atoms with Crippen LogP contribution in [0.2, 0.25) is 5.28 Å². The zero-order valence-corrected chi connectivity index (χ0v) is 10.4. The van der Waals surface area contributed by atoms with Gasteiger partial charge in [0.05, 0.1) is 6.20 Å². The van der Waals surface area contributed by atoms with Crippen LogP contribution in [0.25, 0.3) is 0 Å². The van der Waals surface area contributed by atoms with E-state index in [4.69, 9.17) is 11.6 Å². The summed E-state index contributed by atoms with van der Waals surface area (Å²) < 4.78 is 0. The maximum Gasteiger partial charge on any atom is 0.244 e. The Bertz CT molecular complexity index is 316. The van der Waals surface area contributed by atoms with E-state index in [0.717, 1.165) is 12.2 Å². The number of halogens is 1. The number of nitrogens with zero attached hydrogens (tertiary/aromatic N) is 4. The topological polar surface area (TPSA) is 41.9 Å². The van der Waals surface area contributed by atoms with Crippen molar-refractivity contribution in [3.05, 3.63) is 11.5 Å². The van der Waals surface area contributed by atoms with E-state index in [2.05, 4.69) is 40.9 Å². The Morgan fingerprint density at radius 3 is 2.60 bits per heavy atom. The first kappa shape index (κ1) is 12.2. The molecule has 0 N–H and O–H groups in total. The summed E-state index contributed by atoms with van der Waals surface area (Å²) in [5, 5.41) is 7.59. The summed E-state index contributed by atoms with van der Waals surface area (Å²) in [4.78, 5) is 6.19. The largest absolute Gasteiger partial charge is 0.356 e. The highest BCUT2D eigenvalue weighted by molar-refractivity contribution is 6.28. The SMILES string of the molecule is CC(C)CC(C)N(C)c1cnnc(Cl)n1. The molecule has 0 fully saturated rings. The van der Waals surface area contributed by atoms with Gasteiger partial charge in [-0.1, -0.05) is 13.8 Å². The van der Waals surface area contributed by atoms with Gasteiger partial charge >= 0.3 is 0 Å². The summed E-state index contributed by atoms with van der Waals surface area (Å²) >= 11 is 5.69. The zero-order chi connectivity index (χ0) is 11.4. The predicted octanol–water partition coefficient (Wildman–Crippen LogP) is 2.40. The Kier molecular flexibility index (Phi) is 4.27. The lowest BCUT2D eigenvalue weighted by molar-refractivity contribution is 0.501. The molecular weight excluding hydrogens is 212 g/mol. The molecule has 0 radical (unpaired) electrons. The molecule has 0 aliphatic heterocycles. The van der Waals surface area contributed by atoms with Gasteiger partial charge < -0.3 is 4.90 Å². The monoisotopic (exact) mass is 228 g/mol. The summed E-state index contributed by atoms with van der Waals surface area (Å²) in [5.41, 5.74) is 0. The number of rotatable bonds is 4. The van der Waals surface area contributed by atoms with Gasteiger partial charge in [-0.15, -0.1) is 5.10 Å². The molecule has 1 heterocycles. The van der Waals surface area contributed by atoms with Crippen LogP contribution >= 0.6 is 11.6 Å². The van der Waals surface area contributed by atoms with E-state index in [1.165, 1.54) is 0 Å². The summed E-state index contributed by atoms with van der Waals surface area (Å²) in [5.74, 6) is 1.43. The molecule has 1 unspecified atom stereocenters. The van der Waals surface area contributed by atoms with E-state index < -0.39 is 0 Å². The van der Waals surface area contributed by atoms with Crippen molar-refractivity contribution in [3.8, 4) is 0 Å². The van der Waals surface area contributed by atoms with Crippen LogP contribution in [-0.4, -0.2) is 28.3 Å². The fourth-order valence-corrected chi connectivity index (χ4v) is 1.64. The maximum absolute atomic E-state index is 5.69. The minimum Gasteiger partial charge on any atom is -0.356 e. The van der Waals surface area contributed by atoms with E-state index in [9.17, 15) is 0 Å². The summed E-state index contributed by atoms with van der Waals surface area (Å²) in [6.07, 6.45) is 2.74. The Morgan fingerprint density at radius 2 is 2.07 bits per heavy atom. The molecule has 84 valence electrons.